The van der Waals surface area contributed by atoms with Crippen molar-refractivity contribution in [2.45, 2.75) is 24.7 Å². The van der Waals surface area contributed by atoms with Gasteiger partial charge in [-0.25, -0.2) is 4.79 Å². The number of aromatic hydroxyl groups is 1. The van der Waals surface area contributed by atoms with Crippen LogP contribution in [-0.2, 0) is 10.2 Å². The smallest absolute Gasteiger partial charge is 0.344 e. The molecule has 0 saturated heterocycles. The highest BCUT2D eigenvalue weighted by molar-refractivity contribution is 6.04. The van der Waals surface area contributed by atoms with Crippen molar-refractivity contribution in [3.63, 3.8) is 0 Å². The maximum atomic E-state index is 12.4. The Labute approximate surface area is 138 Å². The molecule has 3 fully saturated rings. The van der Waals surface area contributed by atoms with E-state index < -0.39 is 0 Å². The minimum absolute atomic E-state index is 0.0962. The summed E-state index contributed by atoms with van der Waals surface area (Å²) in [7, 11) is 1.76. The van der Waals surface area contributed by atoms with E-state index >= 15 is 0 Å². The average Bonchev–Trinajstić information content (AvgIpc) is 2.49. The second kappa shape index (κ2) is 4.39. The molecule has 3 aliphatic carbocycles. The van der Waals surface area contributed by atoms with E-state index in [9.17, 15) is 9.90 Å². The van der Waals surface area contributed by atoms with E-state index in [4.69, 9.17) is 9.15 Å². The second-order valence-electron chi connectivity index (χ2n) is 7.57. The number of methoxy groups -OCH3 is 1. The zero-order valence-electron chi connectivity index (χ0n) is 13.5. The number of ether oxygens (including phenoxy) is 1. The molecule has 0 atom stereocenters. The van der Waals surface area contributed by atoms with Crippen LogP contribution in [0.4, 0.5) is 0 Å². The molecule has 0 unspecified atom stereocenters. The molecule has 0 radical (unpaired) electrons. The van der Waals surface area contributed by atoms with E-state index in [0.29, 0.717) is 16.4 Å². The van der Waals surface area contributed by atoms with Gasteiger partial charge in [-0.05, 0) is 59.2 Å². The van der Waals surface area contributed by atoms with E-state index in [-0.39, 0.29) is 16.8 Å². The molecule has 0 aliphatic heterocycles. The number of fused-ring (bicyclic) bond motifs is 3. The monoisotopic (exact) mass is 322 g/mol. The first-order chi connectivity index (χ1) is 11.5. The molecule has 3 saturated carbocycles. The van der Waals surface area contributed by atoms with E-state index in [1.807, 2.05) is 12.1 Å². The van der Waals surface area contributed by atoms with Crippen molar-refractivity contribution >= 4 is 21.7 Å². The molecule has 0 amide bonds. The Morgan fingerprint density at radius 3 is 2.58 bits per heavy atom. The summed E-state index contributed by atoms with van der Waals surface area (Å²) < 4.78 is 10.7. The fourth-order valence-electron chi connectivity index (χ4n) is 5.01. The quantitative estimate of drug-likeness (QED) is 0.590. The highest BCUT2D eigenvalue weighted by Gasteiger charge is 2.68. The van der Waals surface area contributed by atoms with Crippen LogP contribution in [0.15, 0.2) is 45.6 Å². The third kappa shape index (κ3) is 1.69. The summed E-state index contributed by atoms with van der Waals surface area (Å²) in [6, 6.07) is 11.1. The first-order valence-corrected chi connectivity index (χ1v) is 8.23. The number of benzene rings is 2. The van der Waals surface area contributed by atoms with Gasteiger partial charge in [0.15, 0.2) is 0 Å². The van der Waals surface area contributed by atoms with Gasteiger partial charge in [-0.1, -0.05) is 12.1 Å². The number of hydrogen-bond donors (Lipinski definition) is 1. The maximum absolute atomic E-state index is 12.4. The van der Waals surface area contributed by atoms with Crippen LogP contribution >= 0.6 is 0 Å². The molecular formula is C20H18O4. The van der Waals surface area contributed by atoms with Crippen LogP contribution in [0.1, 0.15) is 24.8 Å². The molecule has 1 heterocycles. The predicted octanol–water partition coefficient (Wildman–Crippen LogP) is 3.72. The number of phenols is 1. The molecule has 2 bridgehead atoms. The van der Waals surface area contributed by atoms with Gasteiger partial charge in [-0.2, -0.15) is 0 Å². The Bertz CT molecular complexity index is 1030. The summed E-state index contributed by atoms with van der Waals surface area (Å²) in [5, 5.41) is 11.9. The van der Waals surface area contributed by atoms with Crippen molar-refractivity contribution in [1.29, 1.82) is 0 Å². The normalized spacial score (nSPS) is 27.9. The van der Waals surface area contributed by atoms with E-state index in [2.05, 4.69) is 6.07 Å². The topological polar surface area (TPSA) is 59.7 Å². The first kappa shape index (κ1) is 14.1. The molecule has 3 aromatic rings. The summed E-state index contributed by atoms with van der Waals surface area (Å²) in [5.74, 6) is 0.0962. The Morgan fingerprint density at radius 2 is 1.83 bits per heavy atom. The van der Waals surface area contributed by atoms with Crippen LogP contribution in [0.5, 0.6) is 5.75 Å². The Kier molecular flexibility index (Phi) is 2.57. The van der Waals surface area contributed by atoms with E-state index in [1.54, 1.807) is 19.2 Å². The number of phenolic OH excluding ortho intramolecular Hbond substituents is 1. The fraction of sp³-hybridized carbons (Fsp3) is 0.350. The summed E-state index contributed by atoms with van der Waals surface area (Å²) in [5.41, 5.74) is 1.91. The minimum atomic E-state index is -0.344. The van der Waals surface area contributed by atoms with Gasteiger partial charge < -0.3 is 14.3 Å². The number of hydrogen-bond acceptors (Lipinski definition) is 4. The zero-order chi connectivity index (χ0) is 16.5. The van der Waals surface area contributed by atoms with Crippen LogP contribution in [0.25, 0.3) is 21.7 Å². The Morgan fingerprint density at radius 1 is 1.08 bits per heavy atom. The molecule has 0 spiro atoms. The highest BCUT2D eigenvalue weighted by atomic mass is 16.5. The SMILES string of the molecule is COCC12CC(c3ccc4c(c3)c(=O)oc3cc(O)ccc34)(C1)C2. The Balaban J connectivity index is 1.63. The van der Waals surface area contributed by atoms with Gasteiger partial charge in [0.1, 0.15) is 11.3 Å². The van der Waals surface area contributed by atoms with Gasteiger partial charge in [0.05, 0.1) is 12.0 Å². The molecule has 3 aliphatic rings. The Hall–Kier alpha value is -2.33. The van der Waals surface area contributed by atoms with Crippen molar-refractivity contribution in [3.05, 3.63) is 52.4 Å². The van der Waals surface area contributed by atoms with Crippen molar-refractivity contribution in [2.24, 2.45) is 5.41 Å². The zero-order valence-corrected chi connectivity index (χ0v) is 13.5. The van der Waals surface area contributed by atoms with Gasteiger partial charge in [-0.15, -0.1) is 0 Å². The van der Waals surface area contributed by atoms with E-state index in [1.165, 1.54) is 11.6 Å². The molecule has 6 rings (SSSR count). The molecule has 122 valence electrons. The van der Waals surface area contributed by atoms with Crippen molar-refractivity contribution in [1.82, 2.24) is 0 Å². The summed E-state index contributed by atoms with van der Waals surface area (Å²) in [4.78, 5) is 12.4. The predicted molar refractivity (Wildman–Crippen MR) is 91.5 cm³/mol. The third-order valence-corrected chi connectivity index (χ3v) is 5.90. The van der Waals surface area contributed by atoms with Crippen molar-refractivity contribution < 1.29 is 14.3 Å². The van der Waals surface area contributed by atoms with Crippen molar-refractivity contribution in [2.75, 3.05) is 13.7 Å². The molecule has 4 nitrogen and oxygen atoms in total. The van der Waals surface area contributed by atoms with E-state index in [0.717, 1.165) is 36.6 Å². The summed E-state index contributed by atoms with van der Waals surface area (Å²) in [6.07, 6.45) is 3.43. The van der Waals surface area contributed by atoms with Crippen LogP contribution < -0.4 is 5.63 Å². The van der Waals surface area contributed by atoms with Gasteiger partial charge in [0, 0.05) is 18.6 Å². The minimum Gasteiger partial charge on any atom is -0.508 e. The lowest BCUT2D eigenvalue weighted by molar-refractivity contribution is -0.174. The van der Waals surface area contributed by atoms with Crippen LogP contribution in [0.3, 0.4) is 0 Å². The second-order valence-corrected chi connectivity index (χ2v) is 7.57. The molecule has 4 heteroatoms. The summed E-state index contributed by atoms with van der Waals surface area (Å²) in [6.45, 7) is 0.832. The highest BCUT2D eigenvalue weighted by Crippen LogP contribution is 2.73. The van der Waals surface area contributed by atoms with Gasteiger partial charge in [0.25, 0.3) is 0 Å². The number of rotatable bonds is 3. The molecule has 24 heavy (non-hydrogen) atoms. The molecule has 1 N–H and O–H groups in total. The molecular weight excluding hydrogens is 304 g/mol. The van der Waals surface area contributed by atoms with Gasteiger partial charge >= 0.3 is 5.63 Å². The largest absolute Gasteiger partial charge is 0.508 e. The van der Waals surface area contributed by atoms with Crippen molar-refractivity contribution in [3.8, 4) is 5.75 Å². The lowest BCUT2D eigenvalue weighted by Gasteiger charge is -2.71. The lowest BCUT2D eigenvalue weighted by atomic mass is 9.34. The average molecular weight is 322 g/mol. The standard InChI is InChI=1S/C20H18O4/c1-23-11-19-8-20(9-19,10-19)12-2-4-14-15-5-3-13(21)7-17(15)24-18(22)16(14)6-12/h2-7,21H,8-11H2,1H3. The van der Waals surface area contributed by atoms with Gasteiger partial charge in [0.2, 0.25) is 0 Å². The maximum Gasteiger partial charge on any atom is 0.344 e. The summed E-state index contributed by atoms with van der Waals surface area (Å²) >= 11 is 0. The molecule has 2 aromatic carbocycles. The van der Waals surface area contributed by atoms with Crippen LogP contribution in [-0.4, -0.2) is 18.8 Å². The first-order valence-electron chi connectivity index (χ1n) is 8.23. The molecule has 1 aromatic heterocycles. The van der Waals surface area contributed by atoms with Crippen LogP contribution in [0, 0.1) is 5.41 Å². The third-order valence-electron chi connectivity index (χ3n) is 5.90. The van der Waals surface area contributed by atoms with Crippen LogP contribution in [0.2, 0.25) is 0 Å². The fourth-order valence-corrected chi connectivity index (χ4v) is 5.01. The van der Waals surface area contributed by atoms with Gasteiger partial charge in [-0.3, -0.25) is 0 Å². The lowest BCUT2D eigenvalue weighted by Crippen LogP contribution is -2.66.